The van der Waals surface area contributed by atoms with Gasteiger partial charge in [-0.25, -0.2) is 4.98 Å². The molecule has 132 valence electrons. The molecule has 0 spiro atoms. The predicted molar refractivity (Wildman–Crippen MR) is 99.3 cm³/mol. The molecule has 0 saturated carbocycles. The standard InChI is InChI=1S/C21H21N3O2/c1-15-22-8-9-24(15)14-17-4-2-3-16(11-17)13-23-21(25)19-5-6-20-18(12-19)7-10-26-20/h2-6,8-9,11-12H,7,10,13-14H2,1H3,(H,23,25). The number of amides is 1. The first kappa shape index (κ1) is 16.4. The molecule has 1 aliphatic heterocycles. The van der Waals surface area contributed by atoms with Gasteiger partial charge in [0, 0.05) is 37.5 Å². The van der Waals surface area contributed by atoms with Crippen LogP contribution < -0.4 is 10.1 Å². The lowest BCUT2D eigenvalue weighted by Gasteiger charge is -2.09. The quantitative estimate of drug-likeness (QED) is 0.772. The summed E-state index contributed by atoms with van der Waals surface area (Å²) < 4.78 is 7.59. The molecular weight excluding hydrogens is 326 g/mol. The smallest absolute Gasteiger partial charge is 0.251 e. The minimum atomic E-state index is -0.0597. The second kappa shape index (κ2) is 7.04. The van der Waals surface area contributed by atoms with Crippen LogP contribution in [0.2, 0.25) is 0 Å². The highest BCUT2D eigenvalue weighted by Crippen LogP contribution is 2.25. The number of ether oxygens (including phenoxy) is 1. The van der Waals surface area contributed by atoms with Crippen LogP contribution in [0.4, 0.5) is 0 Å². The number of rotatable bonds is 5. The van der Waals surface area contributed by atoms with Crippen molar-refractivity contribution in [1.29, 1.82) is 0 Å². The molecule has 0 atom stereocenters. The van der Waals surface area contributed by atoms with E-state index in [-0.39, 0.29) is 5.91 Å². The fourth-order valence-corrected chi connectivity index (χ4v) is 3.22. The second-order valence-corrected chi connectivity index (χ2v) is 6.53. The monoisotopic (exact) mass is 347 g/mol. The largest absolute Gasteiger partial charge is 0.493 e. The van der Waals surface area contributed by atoms with E-state index in [0.29, 0.717) is 18.7 Å². The summed E-state index contributed by atoms with van der Waals surface area (Å²) in [6.07, 6.45) is 4.65. The number of benzene rings is 2. The van der Waals surface area contributed by atoms with Crippen LogP contribution in [0.25, 0.3) is 0 Å². The van der Waals surface area contributed by atoms with Gasteiger partial charge in [-0.1, -0.05) is 24.3 Å². The van der Waals surface area contributed by atoms with E-state index in [4.69, 9.17) is 4.74 Å². The van der Waals surface area contributed by atoms with E-state index in [2.05, 4.69) is 27.0 Å². The summed E-state index contributed by atoms with van der Waals surface area (Å²) in [7, 11) is 0. The van der Waals surface area contributed by atoms with Crippen LogP contribution in [0.3, 0.4) is 0 Å². The summed E-state index contributed by atoms with van der Waals surface area (Å²) in [5, 5.41) is 3.00. The SMILES string of the molecule is Cc1nccn1Cc1cccc(CNC(=O)c2ccc3c(c2)CCO3)c1. The van der Waals surface area contributed by atoms with E-state index in [1.807, 2.05) is 43.5 Å². The van der Waals surface area contributed by atoms with Crippen LogP contribution in [0, 0.1) is 6.92 Å². The Kier molecular flexibility index (Phi) is 4.44. The summed E-state index contributed by atoms with van der Waals surface area (Å²) in [5.41, 5.74) is 4.06. The van der Waals surface area contributed by atoms with Crippen molar-refractivity contribution in [3.63, 3.8) is 0 Å². The maximum atomic E-state index is 12.4. The molecule has 26 heavy (non-hydrogen) atoms. The van der Waals surface area contributed by atoms with Crippen LogP contribution in [-0.2, 0) is 19.5 Å². The molecule has 0 fully saturated rings. The third-order valence-corrected chi connectivity index (χ3v) is 4.67. The molecule has 3 aromatic rings. The van der Waals surface area contributed by atoms with Gasteiger partial charge in [0.1, 0.15) is 11.6 Å². The van der Waals surface area contributed by atoms with Crippen molar-refractivity contribution in [1.82, 2.24) is 14.9 Å². The first-order valence-corrected chi connectivity index (χ1v) is 8.78. The molecule has 1 N–H and O–H groups in total. The molecular formula is C21H21N3O2. The molecule has 0 radical (unpaired) electrons. The average molecular weight is 347 g/mol. The van der Waals surface area contributed by atoms with Gasteiger partial charge in [-0.15, -0.1) is 0 Å². The lowest BCUT2D eigenvalue weighted by molar-refractivity contribution is 0.0951. The Morgan fingerprint density at radius 3 is 2.96 bits per heavy atom. The molecule has 1 aromatic heterocycles. The number of aromatic nitrogens is 2. The van der Waals surface area contributed by atoms with E-state index < -0.39 is 0 Å². The highest BCUT2D eigenvalue weighted by Gasteiger charge is 2.14. The Morgan fingerprint density at radius 1 is 1.23 bits per heavy atom. The Balaban J connectivity index is 1.40. The number of hydrogen-bond donors (Lipinski definition) is 1. The third kappa shape index (κ3) is 3.47. The van der Waals surface area contributed by atoms with Gasteiger partial charge < -0.3 is 14.6 Å². The molecule has 0 unspecified atom stereocenters. The number of imidazole rings is 1. The number of nitrogens with zero attached hydrogens (tertiary/aromatic N) is 2. The first-order chi connectivity index (χ1) is 12.7. The molecule has 2 aromatic carbocycles. The zero-order valence-electron chi connectivity index (χ0n) is 14.7. The molecule has 4 rings (SSSR count). The summed E-state index contributed by atoms with van der Waals surface area (Å²) >= 11 is 0. The maximum Gasteiger partial charge on any atom is 0.251 e. The fraction of sp³-hybridized carbons (Fsp3) is 0.238. The molecule has 0 bridgehead atoms. The van der Waals surface area contributed by atoms with Gasteiger partial charge in [-0.2, -0.15) is 0 Å². The minimum absolute atomic E-state index is 0.0597. The van der Waals surface area contributed by atoms with Crippen molar-refractivity contribution in [3.8, 4) is 5.75 Å². The van der Waals surface area contributed by atoms with Gasteiger partial charge in [0.05, 0.1) is 6.61 Å². The topological polar surface area (TPSA) is 56.2 Å². The highest BCUT2D eigenvalue weighted by atomic mass is 16.5. The number of carbonyl (C=O) groups is 1. The zero-order valence-corrected chi connectivity index (χ0v) is 14.7. The van der Waals surface area contributed by atoms with Gasteiger partial charge in [-0.05, 0) is 41.8 Å². The number of fused-ring (bicyclic) bond motifs is 1. The van der Waals surface area contributed by atoms with Gasteiger partial charge in [0.2, 0.25) is 0 Å². The van der Waals surface area contributed by atoms with Crippen molar-refractivity contribution < 1.29 is 9.53 Å². The van der Waals surface area contributed by atoms with Crippen LogP contribution in [-0.4, -0.2) is 22.1 Å². The van der Waals surface area contributed by atoms with Crippen molar-refractivity contribution in [2.45, 2.75) is 26.4 Å². The van der Waals surface area contributed by atoms with E-state index in [9.17, 15) is 4.79 Å². The van der Waals surface area contributed by atoms with Crippen LogP contribution in [0.15, 0.2) is 54.9 Å². The summed E-state index contributed by atoms with van der Waals surface area (Å²) in [6.45, 7) is 3.97. The molecule has 1 aliphatic rings. The summed E-state index contributed by atoms with van der Waals surface area (Å²) in [4.78, 5) is 16.7. The Hall–Kier alpha value is -3.08. The molecule has 1 amide bonds. The Morgan fingerprint density at radius 2 is 2.12 bits per heavy atom. The normalized spacial score (nSPS) is 12.5. The van der Waals surface area contributed by atoms with Crippen molar-refractivity contribution in [2.24, 2.45) is 0 Å². The molecule has 5 heteroatoms. The number of aryl methyl sites for hydroxylation is 1. The third-order valence-electron chi connectivity index (χ3n) is 4.67. The maximum absolute atomic E-state index is 12.4. The van der Waals surface area contributed by atoms with Crippen molar-refractivity contribution in [3.05, 3.63) is 82.9 Å². The lowest BCUT2D eigenvalue weighted by Crippen LogP contribution is -2.22. The molecule has 0 saturated heterocycles. The number of hydrogen-bond acceptors (Lipinski definition) is 3. The van der Waals surface area contributed by atoms with Crippen molar-refractivity contribution >= 4 is 5.91 Å². The van der Waals surface area contributed by atoms with Gasteiger partial charge >= 0.3 is 0 Å². The highest BCUT2D eigenvalue weighted by molar-refractivity contribution is 5.94. The van der Waals surface area contributed by atoms with Gasteiger partial charge in [0.25, 0.3) is 5.91 Å². The number of carbonyl (C=O) groups excluding carboxylic acids is 1. The van der Waals surface area contributed by atoms with Crippen LogP contribution >= 0.6 is 0 Å². The second-order valence-electron chi connectivity index (χ2n) is 6.53. The van der Waals surface area contributed by atoms with E-state index in [1.54, 1.807) is 6.20 Å². The fourth-order valence-electron chi connectivity index (χ4n) is 3.22. The Bertz CT molecular complexity index is 946. The first-order valence-electron chi connectivity index (χ1n) is 8.78. The van der Waals surface area contributed by atoms with Crippen molar-refractivity contribution in [2.75, 3.05) is 6.61 Å². The lowest BCUT2D eigenvalue weighted by atomic mass is 10.1. The molecule has 2 heterocycles. The number of nitrogens with one attached hydrogen (secondary N) is 1. The van der Waals surface area contributed by atoms with Gasteiger partial charge in [0.15, 0.2) is 0 Å². The predicted octanol–water partition coefficient (Wildman–Crippen LogP) is 3.10. The van der Waals surface area contributed by atoms with Gasteiger partial charge in [-0.3, -0.25) is 4.79 Å². The summed E-state index contributed by atoms with van der Waals surface area (Å²) in [5.74, 6) is 1.82. The van der Waals surface area contributed by atoms with E-state index >= 15 is 0 Å². The molecule has 0 aliphatic carbocycles. The van der Waals surface area contributed by atoms with Crippen LogP contribution in [0.1, 0.15) is 32.9 Å². The Labute approximate surface area is 152 Å². The van der Waals surface area contributed by atoms with E-state index in [1.165, 1.54) is 5.56 Å². The minimum Gasteiger partial charge on any atom is -0.493 e. The molecule has 5 nitrogen and oxygen atoms in total. The van der Waals surface area contributed by atoms with Crippen LogP contribution in [0.5, 0.6) is 5.75 Å². The average Bonchev–Trinajstić information content (AvgIpc) is 3.28. The summed E-state index contributed by atoms with van der Waals surface area (Å²) in [6, 6.07) is 13.9. The zero-order chi connectivity index (χ0) is 17.9. The van der Waals surface area contributed by atoms with E-state index in [0.717, 1.165) is 35.7 Å².